The number of nitrogens with zero attached hydrogens (tertiary/aromatic N) is 2. The highest BCUT2D eigenvalue weighted by atomic mass is 79.9. The number of hydrogen-bond donors (Lipinski definition) is 0. The van der Waals surface area contributed by atoms with Gasteiger partial charge in [0, 0.05) is 0 Å². The van der Waals surface area contributed by atoms with E-state index < -0.39 is 0 Å². The minimum atomic E-state index is 0.347. The normalized spacial score (nSPS) is 10.5. The Morgan fingerprint density at radius 2 is 1.94 bits per heavy atom. The first kappa shape index (κ1) is 13.6. The van der Waals surface area contributed by atoms with Crippen LogP contribution in [0, 0.1) is 6.92 Å². The van der Waals surface area contributed by atoms with Gasteiger partial charge in [0.25, 0.3) is 0 Å². The summed E-state index contributed by atoms with van der Waals surface area (Å²) in [5.74, 6) is 1.06. The highest BCUT2D eigenvalue weighted by molar-refractivity contribution is 9.10. The Kier molecular flexibility index (Phi) is 4.10. The summed E-state index contributed by atoms with van der Waals surface area (Å²) < 4.78 is 5.95. The third-order valence-electron chi connectivity index (χ3n) is 2.40. The molecule has 94 valence electrons. The van der Waals surface area contributed by atoms with Crippen LogP contribution >= 0.6 is 39.1 Å². The Morgan fingerprint density at radius 3 is 2.56 bits per heavy atom. The molecule has 0 saturated carbocycles. The van der Waals surface area contributed by atoms with E-state index in [2.05, 4.69) is 25.9 Å². The van der Waals surface area contributed by atoms with Crippen molar-refractivity contribution in [1.82, 2.24) is 9.97 Å². The van der Waals surface area contributed by atoms with E-state index in [1.807, 2.05) is 6.92 Å². The number of aromatic nitrogens is 2. The highest BCUT2D eigenvalue weighted by Crippen LogP contribution is 2.36. The summed E-state index contributed by atoms with van der Waals surface area (Å²) in [6.07, 6.45) is 0. The Balaban J connectivity index is 2.69. The topological polar surface area (TPSA) is 35.0 Å². The van der Waals surface area contributed by atoms with Crippen molar-refractivity contribution in [2.75, 3.05) is 7.11 Å². The fraction of sp³-hybridized carbons (Fsp3) is 0.167. The lowest BCUT2D eigenvalue weighted by molar-refractivity contribution is 0.416. The summed E-state index contributed by atoms with van der Waals surface area (Å²) in [4.78, 5) is 8.58. The molecule has 6 heteroatoms. The Hall–Kier alpha value is -0.840. The van der Waals surface area contributed by atoms with Gasteiger partial charge >= 0.3 is 0 Å². The molecule has 0 saturated heterocycles. The number of ether oxygens (including phenoxy) is 1. The van der Waals surface area contributed by atoms with Crippen molar-refractivity contribution in [2.24, 2.45) is 0 Å². The third-order valence-corrected chi connectivity index (χ3v) is 4.16. The fourth-order valence-electron chi connectivity index (χ4n) is 1.53. The molecule has 18 heavy (non-hydrogen) atoms. The van der Waals surface area contributed by atoms with Crippen LogP contribution in [-0.2, 0) is 0 Å². The number of rotatable bonds is 2. The number of aryl methyl sites for hydroxylation is 1. The van der Waals surface area contributed by atoms with E-state index in [0.717, 1.165) is 5.69 Å². The second-order valence-corrected chi connectivity index (χ2v) is 5.11. The van der Waals surface area contributed by atoms with Gasteiger partial charge in [-0.3, -0.25) is 0 Å². The molecule has 1 heterocycles. The second kappa shape index (κ2) is 5.43. The van der Waals surface area contributed by atoms with E-state index >= 15 is 0 Å². The molecule has 0 atom stereocenters. The van der Waals surface area contributed by atoms with Crippen LogP contribution in [0.15, 0.2) is 22.7 Å². The van der Waals surface area contributed by atoms with Gasteiger partial charge in [0.15, 0.2) is 5.82 Å². The lowest BCUT2D eigenvalue weighted by Gasteiger charge is -2.10. The second-order valence-electron chi connectivity index (χ2n) is 3.55. The van der Waals surface area contributed by atoms with Crippen LogP contribution in [0.25, 0.3) is 11.4 Å². The van der Waals surface area contributed by atoms with Gasteiger partial charge < -0.3 is 4.74 Å². The Labute approximate surface area is 123 Å². The first-order valence-electron chi connectivity index (χ1n) is 5.07. The molecule has 2 aromatic rings. The molecule has 0 radical (unpaired) electrons. The molecule has 0 unspecified atom stereocenters. The summed E-state index contributed by atoms with van der Waals surface area (Å²) in [5.41, 5.74) is 1.38. The summed E-state index contributed by atoms with van der Waals surface area (Å²) in [6, 6.07) is 5.36. The molecular weight excluding hydrogens is 339 g/mol. The maximum absolute atomic E-state index is 6.17. The van der Waals surface area contributed by atoms with Crippen molar-refractivity contribution in [3.8, 4) is 17.1 Å². The van der Waals surface area contributed by atoms with Crippen molar-refractivity contribution >= 4 is 39.1 Å². The average molecular weight is 348 g/mol. The number of benzene rings is 1. The first-order valence-corrected chi connectivity index (χ1v) is 6.62. The smallest absolute Gasteiger partial charge is 0.166 e. The fourth-order valence-corrected chi connectivity index (χ4v) is 2.17. The van der Waals surface area contributed by atoms with Crippen molar-refractivity contribution in [1.29, 1.82) is 0 Å². The summed E-state index contributed by atoms with van der Waals surface area (Å²) in [6.45, 7) is 1.84. The zero-order valence-corrected chi connectivity index (χ0v) is 12.8. The molecule has 0 fully saturated rings. The Morgan fingerprint density at radius 1 is 1.22 bits per heavy atom. The number of halogens is 3. The number of methoxy groups -OCH3 is 1. The molecule has 2 rings (SSSR count). The molecule has 0 aliphatic rings. The van der Waals surface area contributed by atoms with Crippen LogP contribution < -0.4 is 4.74 Å². The van der Waals surface area contributed by atoms with Crippen LogP contribution in [0.5, 0.6) is 5.75 Å². The average Bonchev–Trinajstić information content (AvgIpc) is 2.35. The van der Waals surface area contributed by atoms with Crippen molar-refractivity contribution in [3.63, 3.8) is 0 Å². The monoisotopic (exact) mass is 346 g/mol. The van der Waals surface area contributed by atoms with E-state index in [0.29, 0.717) is 31.8 Å². The lowest BCUT2D eigenvalue weighted by atomic mass is 10.2. The van der Waals surface area contributed by atoms with E-state index in [-0.39, 0.29) is 0 Å². The Bertz CT molecular complexity index is 582. The van der Waals surface area contributed by atoms with Gasteiger partial charge in [-0.2, -0.15) is 0 Å². The van der Waals surface area contributed by atoms with Crippen LogP contribution in [0.3, 0.4) is 0 Å². The molecule has 1 aromatic carbocycles. The van der Waals surface area contributed by atoms with E-state index in [1.165, 1.54) is 0 Å². The third kappa shape index (κ3) is 2.46. The van der Waals surface area contributed by atoms with E-state index in [9.17, 15) is 0 Å². The molecular formula is C12H9BrCl2N2O. The lowest BCUT2D eigenvalue weighted by Crippen LogP contribution is -1.97. The molecule has 0 amide bonds. The van der Waals surface area contributed by atoms with Gasteiger partial charge in [0.1, 0.15) is 10.9 Å². The molecule has 0 spiro atoms. The summed E-state index contributed by atoms with van der Waals surface area (Å²) >= 11 is 15.5. The predicted octanol–water partition coefficient (Wildman–Crippen LogP) is 4.53. The van der Waals surface area contributed by atoms with Gasteiger partial charge in [-0.15, -0.1) is 0 Å². The van der Waals surface area contributed by atoms with Crippen LogP contribution in [0.1, 0.15) is 5.69 Å². The largest absolute Gasteiger partial charge is 0.496 e. The zero-order chi connectivity index (χ0) is 13.3. The van der Waals surface area contributed by atoms with Gasteiger partial charge in [-0.05, 0) is 35.0 Å². The van der Waals surface area contributed by atoms with Crippen molar-refractivity contribution in [3.05, 3.63) is 38.5 Å². The molecule has 0 N–H and O–H groups in total. The SMILES string of the molecule is COc1cccc(Cl)c1-c1nc(C)c(Br)c(Cl)n1. The quantitative estimate of drug-likeness (QED) is 0.748. The van der Waals surface area contributed by atoms with Gasteiger partial charge in [-0.25, -0.2) is 9.97 Å². The molecule has 0 aliphatic heterocycles. The first-order chi connectivity index (χ1) is 8.54. The molecule has 1 aromatic heterocycles. The predicted molar refractivity (Wildman–Crippen MR) is 76.5 cm³/mol. The van der Waals surface area contributed by atoms with Gasteiger partial charge in [-0.1, -0.05) is 29.3 Å². The van der Waals surface area contributed by atoms with Gasteiger partial charge in [0.05, 0.1) is 27.9 Å². The molecule has 0 bridgehead atoms. The standard InChI is InChI=1S/C12H9BrCl2N2O/c1-6-10(13)11(15)17-12(16-6)9-7(14)4-3-5-8(9)18-2/h3-5H,1-2H3. The van der Waals surface area contributed by atoms with Crippen molar-refractivity contribution in [2.45, 2.75) is 6.92 Å². The van der Waals surface area contributed by atoms with Crippen LogP contribution in [0.2, 0.25) is 10.2 Å². The summed E-state index contributed by atoms with van der Waals surface area (Å²) in [7, 11) is 1.57. The van der Waals surface area contributed by atoms with Gasteiger partial charge in [0.2, 0.25) is 0 Å². The molecule has 3 nitrogen and oxygen atoms in total. The minimum absolute atomic E-state index is 0.347. The zero-order valence-electron chi connectivity index (χ0n) is 9.67. The van der Waals surface area contributed by atoms with Crippen LogP contribution in [0.4, 0.5) is 0 Å². The van der Waals surface area contributed by atoms with Crippen LogP contribution in [-0.4, -0.2) is 17.1 Å². The van der Waals surface area contributed by atoms with E-state index in [4.69, 9.17) is 27.9 Å². The summed E-state index contributed by atoms with van der Waals surface area (Å²) in [5, 5.41) is 0.867. The number of hydrogen-bond acceptors (Lipinski definition) is 3. The maximum Gasteiger partial charge on any atom is 0.166 e. The van der Waals surface area contributed by atoms with Crippen molar-refractivity contribution < 1.29 is 4.74 Å². The highest BCUT2D eigenvalue weighted by Gasteiger charge is 2.16. The molecule has 0 aliphatic carbocycles. The minimum Gasteiger partial charge on any atom is -0.496 e. The maximum atomic E-state index is 6.17. The van der Waals surface area contributed by atoms with E-state index in [1.54, 1.807) is 25.3 Å².